The molecule has 0 spiro atoms. The lowest BCUT2D eigenvalue weighted by Gasteiger charge is -2.27. The zero-order chi connectivity index (χ0) is 16.2. The molecule has 1 heterocycles. The zero-order valence-corrected chi connectivity index (χ0v) is 13.8. The van der Waals surface area contributed by atoms with Gasteiger partial charge in [-0.2, -0.15) is 0 Å². The van der Waals surface area contributed by atoms with Gasteiger partial charge in [-0.1, -0.05) is 11.6 Å². The van der Waals surface area contributed by atoms with Gasteiger partial charge in [0.2, 0.25) is 0 Å². The van der Waals surface area contributed by atoms with Crippen molar-refractivity contribution in [1.82, 2.24) is 5.32 Å². The average molecular weight is 340 g/mol. The third-order valence-electron chi connectivity index (χ3n) is 4.53. The fraction of sp³-hybridized carbons (Fsp3) is 0.588. The number of fused-ring (bicyclic) bond motifs is 1. The standard InChI is InChI=1S/C17H22ClNO4/c18-14-8-11(9-15-16(14)23-7-1-6-22-15)10-19-13-4-2-12(3-5-13)17(20)21/h8-9,12-13,19H,1-7,10H2,(H,20,21). The fourth-order valence-electron chi connectivity index (χ4n) is 3.19. The smallest absolute Gasteiger partial charge is 0.306 e. The van der Waals surface area contributed by atoms with Gasteiger partial charge < -0.3 is 19.9 Å². The summed E-state index contributed by atoms with van der Waals surface area (Å²) in [5.74, 6) is 0.495. The number of carboxylic acid groups (broad SMARTS) is 1. The van der Waals surface area contributed by atoms with Crippen LogP contribution in [0.4, 0.5) is 0 Å². The summed E-state index contributed by atoms with van der Waals surface area (Å²) in [6.45, 7) is 1.95. The summed E-state index contributed by atoms with van der Waals surface area (Å²) < 4.78 is 11.3. The lowest BCUT2D eigenvalue weighted by molar-refractivity contribution is -0.142. The molecule has 1 saturated carbocycles. The fourth-order valence-corrected chi connectivity index (χ4v) is 3.48. The first-order valence-electron chi connectivity index (χ1n) is 8.17. The molecule has 1 aromatic carbocycles. The Morgan fingerprint density at radius 2 is 1.96 bits per heavy atom. The molecule has 3 rings (SSSR count). The molecular formula is C17H22ClNO4. The van der Waals surface area contributed by atoms with Crippen molar-refractivity contribution in [3.63, 3.8) is 0 Å². The Balaban J connectivity index is 1.58. The second-order valence-corrected chi connectivity index (χ2v) is 6.63. The number of benzene rings is 1. The van der Waals surface area contributed by atoms with Gasteiger partial charge in [-0.15, -0.1) is 0 Å². The highest BCUT2D eigenvalue weighted by Gasteiger charge is 2.25. The van der Waals surface area contributed by atoms with Crippen LogP contribution in [0.2, 0.25) is 5.02 Å². The highest BCUT2D eigenvalue weighted by molar-refractivity contribution is 6.32. The number of carbonyl (C=O) groups is 1. The van der Waals surface area contributed by atoms with Crippen molar-refractivity contribution in [2.45, 2.75) is 44.7 Å². The van der Waals surface area contributed by atoms with E-state index in [0.29, 0.717) is 42.3 Å². The molecule has 1 aliphatic carbocycles. The first-order valence-corrected chi connectivity index (χ1v) is 8.55. The summed E-state index contributed by atoms with van der Waals surface area (Å²) >= 11 is 6.30. The van der Waals surface area contributed by atoms with E-state index in [1.165, 1.54) is 0 Å². The van der Waals surface area contributed by atoms with E-state index in [9.17, 15) is 4.79 Å². The van der Waals surface area contributed by atoms with E-state index in [-0.39, 0.29) is 5.92 Å². The van der Waals surface area contributed by atoms with E-state index in [2.05, 4.69) is 5.32 Å². The number of halogens is 1. The number of aliphatic carboxylic acids is 1. The second-order valence-electron chi connectivity index (χ2n) is 6.22. The predicted molar refractivity (Wildman–Crippen MR) is 87.3 cm³/mol. The van der Waals surface area contributed by atoms with E-state index in [1.807, 2.05) is 12.1 Å². The topological polar surface area (TPSA) is 67.8 Å². The number of rotatable bonds is 4. The van der Waals surface area contributed by atoms with E-state index < -0.39 is 5.97 Å². The van der Waals surface area contributed by atoms with Crippen molar-refractivity contribution in [2.75, 3.05) is 13.2 Å². The van der Waals surface area contributed by atoms with Crippen molar-refractivity contribution < 1.29 is 19.4 Å². The van der Waals surface area contributed by atoms with Crippen LogP contribution >= 0.6 is 11.6 Å². The molecule has 0 saturated heterocycles. The van der Waals surface area contributed by atoms with Gasteiger partial charge in [0.15, 0.2) is 11.5 Å². The van der Waals surface area contributed by atoms with Crippen LogP contribution in [0, 0.1) is 5.92 Å². The first-order chi connectivity index (χ1) is 11.1. The minimum absolute atomic E-state index is 0.180. The lowest BCUT2D eigenvalue weighted by Crippen LogP contribution is -2.34. The predicted octanol–water partition coefficient (Wildman–Crippen LogP) is 3.23. The largest absolute Gasteiger partial charge is 0.489 e. The van der Waals surface area contributed by atoms with Gasteiger partial charge in [0.05, 0.1) is 24.2 Å². The van der Waals surface area contributed by atoms with Crippen molar-refractivity contribution in [3.8, 4) is 11.5 Å². The van der Waals surface area contributed by atoms with E-state index in [4.69, 9.17) is 26.2 Å². The second kappa shape index (κ2) is 7.41. The van der Waals surface area contributed by atoms with Crippen LogP contribution < -0.4 is 14.8 Å². The SMILES string of the molecule is O=C(O)C1CCC(NCc2cc(Cl)c3c(c2)OCCCO3)CC1. The molecule has 5 nitrogen and oxygen atoms in total. The summed E-state index contributed by atoms with van der Waals surface area (Å²) in [6, 6.07) is 4.24. The summed E-state index contributed by atoms with van der Waals surface area (Å²) in [5.41, 5.74) is 1.06. The molecule has 126 valence electrons. The number of carboxylic acids is 1. The third kappa shape index (κ3) is 4.09. The molecule has 1 aliphatic heterocycles. The maximum Gasteiger partial charge on any atom is 0.306 e. The van der Waals surface area contributed by atoms with Crippen molar-refractivity contribution >= 4 is 17.6 Å². The van der Waals surface area contributed by atoms with Crippen LogP contribution in [0.15, 0.2) is 12.1 Å². The maximum absolute atomic E-state index is 11.0. The van der Waals surface area contributed by atoms with E-state index in [1.54, 1.807) is 0 Å². The van der Waals surface area contributed by atoms with Crippen molar-refractivity contribution in [3.05, 3.63) is 22.7 Å². The van der Waals surface area contributed by atoms with Crippen LogP contribution in [-0.4, -0.2) is 30.3 Å². The molecule has 0 radical (unpaired) electrons. The molecule has 2 aliphatic rings. The summed E-state index contributed by atoms with van der Waals surface area (Å²) in [7, 11) is 0. The van der Waals surface area contributed by atoms with Crippen molar-refractivity contribution in [2.24, 2.45) is 5.92 Å². The van der Waals surface area contributed by atoms with Gasteiger partial charge >= 0.3 is 5.97 Å². The van der Waals surface area contributed by atoms with Crippen LogP contribution in [-0.2, 0) is 11.3 Å². The Morgan fingerprint density at radius 1 is 1.22 bits per heavy atom. The molecule has 0 bridgehead atoms. The Kier molecular flexibility index (Phi) is 5.28. The Labute approximate surface area is 140 Å². The van der Waals surface area contributed by atoms with Crippen LogP contribution in [0.5, 0.6) is 11.5 Å². The molecule has 6 heteroatoms. The molecule has 0 unspecified atom stereocenters. The van der Waals surface area contributed by atoms with Gasteiger partial charge in [-0.25, -0.2) is 0 Å². The summed E-state index contributed by atoms with van der Waals surface area (Å²) in [4.78, 5) is 11.0. The zero-order valence-electron chi connectivity index (χ0n) is 13.0. The molecular weight excluding hydrogens is 318 g/mol. The molecule has 23 heavy (non-hydrogen) atoms. The van der Waals surface area contributed by atoms with Gasteiger partial charge in [0.1, 0.15) is 0 Å². The van der Waals surface area contributed by atoms with Gasteiger partial charge in [0, 0.05) is 19.0 Å². The summed E-state index contributed by atoms with van der Waals surface area (Å²) in [5, 5.41) is 13.1. The lowest BCUT2D eigenvalue weighted by atomic mass is 9.86. The van der Waals surface area contributed by atoms with Gasteiger partial charge in [0.25, 0.3) is 0 Å². The quantitative estimate of drug-likeness (QED) is 0.881. The Hall–Kier alpha value is -1.46. The molecule has 1 aromatic rings. The highest BCUT2D eigenvalue weighted by atomic mass is 35.5. The Bertz CT molecular complexity index is 570. The first kappa shape index (κ1) is 16.4. The number of ether oxygens (including phenoxy) is 2. The normalized spacial score (nSPS) is 24.0. The van der Waals surface area contributed by atoms with Crippen molar-refractivity contribution in [1.29, 1.82) is 0 Å². The van der Waals surface area contributed by atoms with Crippen LogP contribution in [0.3, 0.4) is 0 Å². The molecule has 0 aromatic heterocycles. The Morgan fingerprint density at radius 3 is 2.70 bits per heavy atom. The van der Waals surface area contributed by atoms with Gasteiger partial charge in [-0.3, -0.25) is 4.79 Å². The van der Waals surface area contributed by atoms with E-state index >= 15 is 0 Å². The van der Waals surface area contributed by atoms with E-state index in [0.717, 1.165) is 37.7 Å². The molecule has 0 amide bonds. The minimum atomic E-state index is -0.668. The minimum Gasteiger partial charge on any atom is -0.489 e. The highest BCUT2D eigenvalue weighted by Crippen LogP contribution is 2.38. The number of nitrogens with one attached hydrogen (secondary N) is 1. The maximum atomic E-state index is 11.0. The summed E-state index contributed by atoms with van der Waals surface area (Å²) in [6.07, 6.45) is 4.14. The van der Waals surface area contributed by atoms with Gasteiger partial charge in [-0.05, 0) is 43.4 Å². The number of hydrogen-bond donors (Lipinski definition) is 2. The molecule has 1 fully saturated rings. The molecule has 0 atom stereocenters. The molecule has 2 N–H and O–H groups in total. The third-order valence-corrected chi connectivity index (χ3v) is 4.81. The van der Waals surface area contributed by atoms with Crippen LogP contribution in [0.1, 0.15) is 37.7 Å². The van der Waals surface area contributed by atoms with Crippen LogP contribution in [0.25, 0.3) is 0 Å². The monoisotopic (exact) mass is 339 g/mol. The number of hydrogen-bond acceptors (Lipinski definition) is 4. The average Bonchev–Trinajstić information content (AvgIpc) is 2.79.